The molecule has 0 aliphatic carbocycles. The highest BCUT2D eigenvalue weighted by Gasteiger charge is 2.31. The minimum absolute atomic E-state index is 0.0833. The highest BCUT2D eigenvalue weighted by atomic mass is 19.4. The molecule has 2 aromatic carbocycles. The number of ketones is 1. The Balaban J connectivity index is 2.34. The highest BCUT2D eigenvalue weighted by Crippen LogP contribution is 2.30. The molecule has 0 aromatic heterocycles. The van der Waals surface area contributed by atoms with Crippen LogP contribution in [0.25, 0.3) is 0 Å². The van der Waals surface area contributed by atoms with Gasteiger partial charge in [0.2, 0.25) is 0 Å². The van der Waals surface area contributed by atoms with Crippen molar-refractivity contribution in [2.75, 3.05) is 0 Å². The molecule has 0 saturated heterocycles. The van der Waals surface area contributed by atoms with Gasteiger partial charge in [0.1, 0.15) is 0 Å². The Morgan fingerprint density at radius 3 is 2.14 bits per heavy atom. The van der Waals surface area contributed by atoms with Crippen LogP contribution in [0.4, 0.5) is 18.9 Å². The zero-order valence-corrected chi connectivity index (χ0v) is 10.4. The van der Waals surface area contributed by atoms with E-state index in [1.807, 2.05) is 0 Å². The van der Waals surface area contributed by atoms with E-state index in [9.17, 15) is 28.1 Å². The van der Waals surface area contributed by atoms with Crippen LogP contribution in [-0.2, 0) is 6.18 Å². The lowest BCUT2D eigenvalue weighted by atomic mass is 10.0. The van der Waals surface area contributed by atoms with Gasteiger partial charge in [-0.25, -0.2) is 0 Å². The van der Waals surface area contributed by atoms with Crippen molar-refractivity contribution in [3.63, 3.8) is 0 Å². The lowest BCUT2D eigenvalue weighted by Gasteiger charge is -2.08. The van der Waals surface area contributed by atoms with E-state index in [0.29, 0.717) is 0 Å². The fourth-order valence-electron chi connectivity index (χ4n) is 1.74. The lowest BCUT2D eigenvalue weighted by Crippen LogP contribution is -2.08. The van der Waals surface area contributed by atoms with Gasteiger partial charge in [0.05, 0.1) is 10.5 Å². The van der Waals surface area contributed by atoms with Gasteiger partial charge in [-0.15, -0.1) is 0 Å². The molecule has 108 valence electrons. The summed E-state index contributed by atoms with van der Waals surface area (Å²) in [6, 6.07) is 8.69. The van der Waals surface area contributed by atoms with Crippen LogP contribution >= 0.6 is 0 Å². The number of non-ortho nitro benzene ring substituents is 1. The summed E-state index contributed by atoms with van der Waals surface area (Å²) in [5.41, 5.74) is -1.16. The smallest absolute Gasteiger partial charge is 0.289 e. The molecule has 0 bridgehead atoms. The summed E-state index contributed by atoms with van der Waals surface area (Å²) >= 11 is 0. The van der Waals surface area contributed by atoms with Crippen molar-refractivity contribution in [1.29, 1.82) is 0 Å². The standard InChI is InChI=1S/C14H8F3NO3/c15-14(16,17)11-3-1-2-10(8-11)13(19)9-4-6-12(7-5-9)18(20)21/h1-8H. The van der Waals surface area contributed by atoms with Crippen LogP contribution in [0, 0.1) is 10.1 Å². The molecule has 4 nitrogen and oxygen atoms in total. The highest BCUT2D eigenvalue weighted by molar-refractivity contribution is 6.09. The zero-order chi connectivity index (χ0) is 15.6. The molecule has 0 spiro atoms. The normalized spacial score (nSPS) is 11.2. The van der Waals surface area contributed by atoms with Gasteiger partial charge >= 0.3 is 6.18 Å². The molecule has 0 amide bonds. The SMILES string of the molecule is O=C(c1ccc([N+](=O)[O-])cc1)c1cccc(C(F)(F)F)c1. The van der Waals surface area contributed by atoms with Gasteiger partial charge in [0.15, 0.2) is 5.78 Å². The van der Waals surface area contributed by atoms with Crippen molar-refractivity contribution in [3.8, 4) is 0 Å². The number of nitro benzene ring substituents is 1. The Labute approximate surface area is 117 Å². The third-order valence-electron chi connectivity index (χ3n) is 2.79. The summed E-state index contributed by atoms with van der Waals surface area (Å²) < 4.78 is 37.8. The average molecular weight is 295 g/mol. The second-order valence-electron chi connectivity index (χ2n) is 4.21. The summed E-state index contributed by atoms with van der Waals surface area (Å²) in [7, 11) is 0. The van der Waals surface area contributed by atoms with Gasteiger partial charge in [-0.1, -0.05) is 12.1 Å². The molecule has 0 atom stereocenters. The topological polar surface area (TPSA) is 60.2 Å². The largest absolute Gasteiger partial charge is 0.416 e. The Morgan fingerprint density at radius 2 is 1.62 bits per heavy atom. The first-order valence-electron chi connectivity index (χ1n) is 5.75. The van der Waals surface area contributed by atoms with Gasteiger partial charge in [-0.3, -0.25) is 14.9 Å². The molecule has 0 saturated carbocycles. The molecule has 0 radical (unpaired) electrons. The van der Waals surface area contributed by atoms with Gasteiger partial charge < -0.3 is 0 Å². The molecular weight excluding hydrogens is 287 g/mol. The maximum Gasteiger partial charge on any atom is 0.416 e. The number of rotatable bonds is 3. The molecule has 2 rings (SSSR count). The fourth-order valence-corrected chi connectivity index (χ4v) is 1.74. The molecule has 0 unspecified atom stereocenters. The molecule has 7 heteroatoms. The van der Waals surface area contributed by atoms with Gasteiger partial charge in [0, 0.05) is 23.3 Å². The molecule has 21 heavy (non-hydrogen) atoms. The number of alkyl halides is 3. The molecule has 0 heterocycles. The molecule has 0 aliphatic heterocycles. The van der Waals surface area contributed by atoms with Crippen molar-refractivity contribution in [1.82, 2.24) is 0 Å². The van der Waals surface area contributed by atoms with Crippen molar-refractivity contribution < 1.29 is 22.9 Å². The van der Waals surface area contributed by atoms with E-state index in [2.05, 4.69) is 0 Å². The van der Waals surface area contributed by atoms with Crippen molar-refractivity contribution in [2.24, 2.45) is 0 Å². The zero-order valence-electron chi connectivity index (χ0n) is 10.4. The first-order chi connectivity index (χ1) is 9.79. The quantitative estimate of drug-likeness (QED) is 0.491. The first-order valence-corrected chi connectivity index (χ1v) is 5.75. The van der Waals surface area contributed by atoms with Crippen LogP contribution in [-0.4, -0.2) is 10.7 Å². The Morgan fingerprint density at radius 1 is 1.00 bits per heavy atom. The molecular formula is C14H8F3NO3. The van der Waals surface area contributed by atoms with E-state index in [-0.39, 0.29) is 16.8 Å². The predicted octanol–water partition coefficient (Wildman–Crippen LogP) is 3.84. The van der Waals surface area contributed by atoms with Gasteiger partial charge in [0.25, 0.3) is 5.69 Å². The van der Waals surface area contributed by atoms with Crippen LogP contribution in [0.3, 0.4) is 0 Å². The van der Waals surface area contributed by atoms with Crippen LogP contribution in [0.5, 0.6) is 0 Å². The Bertz CT molecular complexity index is 693. The summed E-state index contributed by atoms with van der Waals surface area (Å²) in [6.45, 7) is 0. The fraction of sp³-hybridized carbons (Fsp3) is 0.0714. The number of carbonyl (C=O) groups excluding carboxylic acids is 1. The van der Waals surface area contributed by atoms with Crippen molar-refractivity contribution >= 4 is 11.5 Å². The average Bonchev–Trinajstić information content (AvgIpc) is 2.46. The van der Waals surface area contributed by atoms with Gasteiger partial charge in [-0.05, 0) is 24.3 Å². The number of halogens is 3. The molecule has 0 N–H and O–H groups in total. The van der Waals surface area contributed by atoms with Crippen LogP contribution in [0.2, 0.25) is 0 Å². The van der Waals surface area contributed by atoms with Crippen LogP contribution < -0.4 is 0 Å². The number of hydrogen-bond donors (Lipinski definition) is 0. The third kappa shape index (κ3) is 3.25. The Kier molecular flexibility index (Phi) is 3.75. The van der Waals surface area contributed by atoms with E-state index < -0.39 is 22.4 Å². The molecule has 2 aromatic rings. The number of benzene rings is 2. The number of nitro groups is 1. The van der Waals surface area contributed by atoms with E-state index in [4.69, 9.17) is 0 Å². The third-order valence-corrected chi connectivity index (χ3v) is 2.79. The summed E-state index contributed by atoms with van der Waals surface area (Å²) in [5, 5.41) is 10.5. The second-order valence-corrected chi connectivity index (χ2v) is 4.21. The maximum absolute atomic E-state index is 12.6. The number of nitrogens with zero attached hydrogens (tertiary/aromatic N) is 1. The second kappa shape index (κ2) is 5.35. The minimum Gasteiger partial charge on any atom is -0.289 e. The molecule has 0 fully saturated rings. The van der Waals surface area contributed by atoms with Crippen LogP contribution in [0.15, 0.2) is 48.5 Å². The number of hydrogen-bond acceptors (Lipinski definition) is 3. The summed E-state index contributed by atoms with van der Waals surface area (Å²) in [6.07, 6.45) is -4.54. The van der Waals surface area contributed by atoms with Crippen LogP contribution in [0.1, 0.15) is 21.5 Å². The monoisotopic (exact) mass is 295 g/mol. The summed E-state index contributed by atoms with van der Waals surface area (Å²) in [5.74, 6) is -0.629. The summed E-state index contributed by atoms with van der Waals surface area (Å²) in [4.78, 5) is 21.9. The molecule has 0 aliphatic rings. The Hall–Kier alpha value is -2.70. The number of carbonyl (C=O) groups is 1. The van der Waals surface area contributed by atoms with Crippen molar-refractivity contribution in [3.05, 3.63) is 75.3 Å². The van der Waals surface area contributed by atoms with Crippen molar-refractivity contribution in [2.45, 2.75) is 6.18 Å². The van der Waals surface area contributed by atoms with E-state index in [1.54, 1.807) is 0 Å². The first kappa shape index (κ1) is 14.7. The lowest BCUT2D eigenvalue weighted by molar-refractivity contribution is -0.384. The predicted molar refractivity (Wildman–Crippen MR) is 68.0 cm³/mol. The van der Waals surface area contributed by atoms with E-state index in [0.717, 1.165) is 30.3 Å². The maximum atomic E-state index is 12.6. The van der Waals surface area contributed by atoms with Gasteiger partial charge in [-0.2, -0.15) is 13.2 Å². The minimum atomic E-state index is -4.54. The van der Waals surface area contributed by atoms with E-state index in [1.165, 1.54) is 18.2 Å². The van der Waals surface area contributed by atoms with E-state index >= 15 is 0 Å².